The van der Waals surface area contributed by atoms with E-state index in [-0.39, 0.29) is 17.7 Å². The molecular formula is C16H16F6N2O. The number of fused-ring (bicyclic) bond motifs is 2. The SMILES string of the molecule is CC1C(C(F)(F)F)=C2NC(=O)CC2=C2C=C[C@@H](CC(F)(F)F)N(C)[C@@H]21. The van der Waals surface area contributed by atoms with Gasteiger partial charge in [0.05, 0.1) is 24.1 Å². The fraction of sp³-hybridized carbons (Fsp3) is 0.562. The van der Waals surface area contributed by atoms with Gasteiger partial charge in [-0.25, -0.2) is 0 Å². The van der Waals surface area contributed by atoms with Crippen molar-refractivity contribution < 1.29 is 31.1 Å². The molecule has 1 aliphatic carbocycles. The molecule has 0 spiro atoms. The van der Waals surface area contributed by atoms with Crippen molar-refractivity contribution >= 4 is 5.91 Å². The lowest BCUT2D eigenvalue weighted by Crippen LogP contribution is -2.51. The van der Waals surface area contributed by atoms with Gasteiger partial charge in [-0.15, -0.1) is 0 Å². The smallest absolute Gasteiger partial charge is 0.325 e. The van der Waals surface area contributed by atoms with Gasteiger partial charge in [-0.1, -0.05) is 19.1 Å². The van der Waals surface area contributed by atoms with Gasteiger partial charge in [-0.3, -0.25) is 9.69 Å². The average molecular weight is 366 g/mol. The molecule has 138 valence electrons. The second-order valence-electron chi connectivity index (χ2n) is 6.59. The minimum atomic E-state index is -4.68. The molecule has 1 N–H and O–H groups in total. The molecule has 3 atom stereocenters. The minimum absolute atomic E-state index is 0.199. The third-order valence-electron chi connectivity index (χ3n) is 4.97. The highest BCUT2D eigenvalue weighted by molar-refractivity contribution is 5.88. The molecule has 0 bridgehead atoms. The van der Waals surface area contributed by atoms with Crippen molar-refractivity contribution in [2.24, 2.45) is 5.92 Å². The van der Waals surface area contributed by atoms with E-state index in [1.165, 1.54) is 31.0 Å². The van der Waals surface area contributed by atoms with Crippen LogP contribution in [-0.2, 0) is 4.79 Å². The molecule has 3 rings (SSSR count). The van der Waals surface area contributed by atoms with Crippen molar-refractivity contribution in [3.63, 3.8) is 0 Å². The summed E-state index contributed by atoms with van der Waals surface area (Å²) in [5.41, 5.74) is -0.401. The van der Waals surface area contributed by atoms with Crippen LogP contribution >= 0.6 is 0 Å². The quantitative estimate of drug-likeness (QED) is 0.721. The summed E-state index contributed by atoms with van der Waals surface area (Å²) in [6.07, 6.45) is -7.65. The summed E-state index contributed by atoms with van der Waals surface area (Å²) in [6.45, 7) is 1.34. The van der Waals surface area contributed by atoms with Gasteiger partial charge in [0.25, 0.3) is 0 Å². The predicted octanol–water partition coefficient (Wildman–Crippen LogP) is 3.46. The normalized spacial score (nSPS) is 30.6. The number of likely N-dealkylation sites (N-methyl/N-ethyl adjacent to an activating group) is 1. The van der Waals surface area contributed by atoms with Crippen molar-refractivity contribution in [2.45, 2.75) is 44.2 Å². The molecule has 2 heterocycles. The van der Waals surface area contributed by atoms with Crippen molar-refractivity contribution in [3.8, 4) is 0 Å². The Morgan fingerprint density at radius 1 is 1.24 bits per heavy atom. The van der Waals surface area contributed by atoms with E-state index in [0.29, 0.717) is 5.57 Å². The number of allylic oxidation sites excluding steroid dienone is 1. The monoisotopic (exact) mass is 366 g/mol. The Morgan fingerprint density at radius 2 is 1.88 bits per heavy atom. The fourth-order valence-corrected chi connectivity index (χ4v) is 3.99. The van der Waals surface area contributed by atoms with E-state index in [4.69, 9.17) is 0 Å². The van der Waals surface area contributed by atoms with Crippen LogP contribution in [0.25, 0.3) is 0 Å². The van der Waals surface area contributed by atoms with Gasteiger partial charge in [-0.05, 0) is 18.2 Å². The number of carbonyl (C=O) groups excluding carboxylic acids is 1. The second-order valence-corrected chi connectivity index (χ2v) is 6.59. The first kappa shape index (κ1) is 18.0. The van der Waals surface area contributed by atoms with Crippen LogP contribution in [0.5, 0.6) is 0 Å². The first-order valence-electron chi connectivity index (χ1n) is 7.71. The molecule has 2 aliphatic heterocycles. The van der Waals surface area contributed by atoms with E-state index in [2.05, 4.69) is 5.32 Å². The molecule has 0 aromatic rings. The van der Waals surface area contributed by atoms with E-state index in [1.54, 1.807) is 0 Å². The topological polar surface area (TPSA) is 32.3 Å². The maximum Gasteiger partial charge on any atom is 0.415 e. The lowest BCUT2D eigenvalue weighted by Gasteiger charge is -2.45. The molecule has 9 heteroatoms. The maximum atomic E-state index is 13.6. The molecule has 1 amide bonds. The van der Waals surface area contributed by atoms with Crippen LogP contribution in [0.4, 0.5) is 26.3 Å². The summed E-state index contributed by atoms with van der Waals surface area (Å²) in [7, 11) is 1.39. The third kappa shape index (κ3) is 3.09. The van der Waals surface area contributed by atoms with Crippen LogP contribution in [0.3, 0.4) is 0 Å². The molecule has 3 aliphatic rings. The van der Waals surface area contributed by atoms with Crippen LogP contribution in [0.15, 0.2) is 34.6 Å². The number of hydrogen-bond acceptors (Lipinski definition) is 2. The summed E-state index contributed by atoms with van der Waals surface area (Å²) in [5.74, 6) is -1.64. The molecule has 0 aromatic carbocycles. The molecule has 1 unspecified atom stereocenters. The Kier molecular flexibility index (Phi) is 4.05. The zero-order valence-corrected chi connectivity index (χ0v) is 13.4. The highest BCUT2D eigenvalue weighted by Gasteiger charge is 2.51. The van der Waals surface area contributed by atoms with Crippen LogP contribution in [-0.4, -0.2) is 42.3 Å². The van der Waals surface area contributed by atoms with Crippen LogP contribution in [0.1, 0.15) is 19.8 Å². The highest BCUT2D eigenvalue weighted by atomic mass is 19.4. The first-order chi connectivity index (χ1) is 11.4. The van der Waals surface area contributed by atoms with Gasteiger partial charge >= 0.3 is 12.4 Å². The standard InChI is InChI=1S/C16H16F6N2O/c1-7-12(16(20,21)22)13-10(5-11(25)23-13)9-4-3-8(6-15(17,18)19)24(2)14(7)9/h3-4,7-8,14H,5-6H2,1-2H3,(H,23,25)/t7?,8-,14+/m0/s1. The molecule has 1 fully saturated rings. The van der Waals surface area contributed by atoms with E-state index in [9.17, 15) is 31.1 Å². The summed E-state index contributed by atoms with van der Waals surface area (Å²) in [6, 6.07) is -1.90. The van der Waals surface area contributed by atoms with Crippen LogP contribution in [0.2, 0.25) is 0 Å². The van der Waals surface area contributed by atoms with Crippen LogP contribution < -0.4 is 5.32 Å². The molecular weight excluding hydrogens is 350 g/mol. The Bertz CT molecular complexity index is 700. The number of halogens is 6. The number of amides is 1. The minimum Gasteiger partial charge on any atom is -0.325 e. The number of alkyl halides is 6. The maximum absolute atomic E-state index is 13.6. The van der Waals surface area contributed by atoms with E-state index < -0.39 is 48.3 Å². The molecule has 0 saturated carbocycles. The Labute approximate surface area is 140 Å². The number of nitrogens with zero attached hydrogens (tertiary/aromatic N) is 1. The van der Waals surface area contributed by atoms with Crippen molar-refractivity contribution in [3.05, 3.63) is 34.6 Å². The Hall–Kier alpha value is -1.77. The zero-order valence-electron chi connectivity index (χ0n) is 13.4. The molecule has 0 aromatic heterocycles. The van der Waals surface area contributed by atoms with Gasteiger partial charge in [-0.2, -0.15) is 26.3 Å². The first-order valence-corrected chi connectivity index (χ1v) is 7.71. The summed E-state index contributed by atoms with van der Waals surface area (Å²) in [5, 5.41) is 2.27. The molecule has 1 saturated heterocycles. The molecule has 0 radical (unpaired) electrons. The largest absolute Gasteiger partial charge is 0.415 e. The Morgan fingerprint density at radius 3 is 2.44 bits per heavy atom. The van der Waals surface area contributed by atoms with Gasteiger partial charge in [0.2, 0.25) is 5.91 Å². The average Bonchev–Trinajstić information content (AvgIpc) is 2.79. The lowest BCUT2D eigenvalue weighted by atomic mass is 9.75. The number of hydrogen-bond donors (Lipinski definition) is 1. The van der Waals surface area contributed by atoms with E-state index >= 15 is 0 Å². The van der Waals surface area contributed by atoms with Crippen LogP contribution in [0, 0.1) is 5.92 Å². The third-order valence-corrected chi connectivity index (χ3v) is 4.97. The highest BCUT2D eigenvalue weighted by Crippen LogP contribution is 2.48. The van der Waals surface area contributed by atoms with Gasteiger partial charge < -0.3 is 5.32 Å². The van der Waals surface area contributed by atoms with E-state index in [0.717, 1.165) is 0 Å². The van der Waals surface area contributed by atoms with Crippen molar-refractivity contribution in [1.82, 2.24) is 10.2 Å². The van der Waals surface area contributed by atoms with Crippen molar-refractivity contribution in [2.75, 3.05) is 7.05 Å². The summed E-state index contributed by atoms with van der Waals surface area (Å²) < 4.78 is 78.9. The number of carbonyl (C=O) groups is 1. The fourth-order valence-electron chi connectivity index (χ4n) is 3.99. The number of rotatable bonds is 1. The predicted molar refractivity (Wildman–Crippen MR) is 77.2 cm³/mol. The lowest BCUT2D eigenvalue weighted by molar-refractivity contribution is -0.145. The second kappa shape index (κ2) is 5.62. The van der Waals surface area contributed by atoms with Gasteiger partial charge in [0.15, 0.2) is 0 Å². The Balaban J connectivity index is 2.10. The van der Waals surface area contributed by atoms with Gasteiger partial charge in [0.1, 0.15) is 0 Å². The summed E-state index contributed by atoms with van der Waals surface area (Å²) in [4.78, 5) is 13.0. The van der Waals surface area contributed by atoms with Gasteiger partial charge in [0, 0.05) is 18.0 Å². The summed E-state index contributed by atoms with van der Waals surface area (Å²) >= 11 is 0. The zero-order chi connectivity index (χ0) is 18.7. The number of nitrogens with one attached hydrogen (secondary N) is 1. The molecule has 3 nitrogen and oxygen atoms in total. The van der Waals surface area contributed by atoms with E-state index in [1.807, 2.05) is 0 Å². The van der Waals surface area contributed by atoms with Crippen molar-refractivity contribution in [1.29, 1.82) is 0 Å². The molecule has 25 heavy (non-hydrogen) atoms.